The van der Waals surface area contributed by atoms with Crippen molar-refractivity contribution in [3.63, 3.8) is 0 Å². The molecule has 0 radical (unpaired) electrons. The number of hydrogen-bond acceptors (Lipinski definition) is 1. The van der Waals surface area contributed by atoms with Crippen LogP contribution in [0.15, 0.2) is 12.7 Å². The van der Waals surface area contributed by atoms with Gasteiger partial charge in [-0.1, -0.05) is 52.5 Å². The molecule has 0 unspecified atom stereocenters. The van der Waals surface area contributed by atoms with Crippen LogP contribution in [0.5, 0.6) is 0 Å². The summed E-state index contributed by atoms with van der Waals surface area (Å²) in [5.41, 5.74) is 0. The minimum absolute atomic E-state index is 0.222. The Morgan fingerprint density at radius 1 is 1.25 bits per heavy atom. The minimum Gasteiger partial charge on any atom is -0.481 e. The Morgan fingerprint density at radius 2 is 1.75 bits per heavy atom. The molecule has 0 amide bonds. The molecule has 0 heterocycles. The van der Waals surface area contributed by atoms with E-state index in [0.29, 0.717) is 0 Å². The van der Waals surface area contributed by atoms with Gasteiger partial charge in [0, 0.05) is 6.42 Å². The highest BCUT2D eigenvalue weighted by molar-refractivity contribution is 5.66. The summed E-state index contributed by atoms with van der Waals surface area (Å²) in [5, 5.41) is 7.72. The van der Waals surface area contributed by atoms with Crippen LogP contribution in [-0.4, -0.2) is 11.1 Å². The van der Waals surface area contributed by atoms with Gasteiger partial charge in [-0.15, -0.1) is 6.58 Å². The second-order valence-electron chi connectivity index (χ2n) is 4.42. The van der Waals surface area contributed by atoms with Gasteiger partial charge in [-0.05, 0) is 18.8 Å². The van der Waals surface area contributed by atoms with E-state index in [1.807, 2.05) is 6.08 Å². The van der Waals surface area contributed by atoms with Gasteiger partial charge in [0.05, 0.1) is 0 Å². The minimum atomic E-state index is -0.745. The van der Waals surface area contributed by atoms with Gasteiger partial charge < -0.3 is 5.11 Å². The van der Waals surface area contributed by atoms with Crippen LogP contribution in [-0.2, 0) is 4.79 Å². The number of carbonyl (C=O) groups is 1. The first-order valence-corrected chi connectivity index (χ1v) is 6.37. The number of carboxylic acids is 1. The summed E-state index contributed by atoms with van der Waals surface area (Å²) in [5.74, 6) is 0.138. The maximum atomic E-state index is 9.37. The van der Waals surface area contributed by atoms with Crippen LogP contribution in [0.2, 0.25) is 0 Å². The lowest BCUT2D eigenvalue weighted by Gasteiger charge is -2.02. The lowest BCUT2D eigenvalue weighted by atomic mass is 10.0. The molecular weight excluding hydrogens is 200 g/mol. The molecule has 0 fully saturated rings. The summed E-state index contributed by atoms with van der Waals surface area (Å²) in [4.78, 5) is 9.37. The van der Waals surface area contributed by atoms with Crippen molar-refractivity contribution in [2.45, 2.75) is 65.7 Å². The van der Waals surface area contributed by atoms with Crippen LogP contribution in [0.3, 0.4) is 0 Å². The van der Waals surface area contributed by atoms with Gasteiger partial charge in [-0.25, -0.2) is 0 Å². The molecule has 0 spiro atoms. The number of aliphatic carboxylic acids is 1. The lowest BCUT2D eigenvalue weighted by Crippen LogP contribution is -1.86. The summed E-state index contributed by atoms with van der Waals surface area (Å²) in [6.45, 7) is 9.90. The van der Waals surface area contributed by atoms with E-state index in [4.69, 9.17) is 5.11 Å². The van der Waals surface area contributed by atoms with Gasteiger partial charge in [-0.2, -0.15) is 0 Å². The van der Waals surface area contributed by atoms with Crippen molar-refractivity contribution in [2.75, 3.05) is 0 Å². The standard InChI is InChI=1S/C11H22.C3H6O2/c1-4-5-6-7-8-9-10-11(2)3;1-2-3(4)5/h4,11H,1,5-10H2,2-3H3;2H2,1H3,(H,4,5). The summed E-state index contributed by atoms with van der Waals surface area (Å²) in [6, 6.07) is 0. The molecule has 0 bridgehead atoms. The molecule has 0 saturated heterocycles. The summed E-state index contributed by atoms with van der Waals surface area (Å²) >= 11 is 0. The van der Waals surface area contributed by atoms with E-state index < -0.39 is 5.97 Å². The topological polar surface area (TPSA) is 37.3 Å². The molecule has 2 nitrogen and oxygen atoms in total. The Bertz CT molecular complexity index is 162. The molecule has 0 aliphatic rings. The van der Waals surface area contributed by atoms with Crippen molar-refractivity contribution >= 4 is 5.97 Å². The van der Waals surface area contributed by atoms with E-state index in [2.05, 4.69) is 20.4 Å². The molecule has 0 aromatic carbocycles. The third-order valence-corrected chi connectivity index (χ3v) is 2.24. The molecule has 0 aliphatic carbocycles. The molecule has 0 aromatic heterocycles. The fourth-order valence-corrected chi connectivity index (χ4v) is 1.19. The molecule has 0 rings (SSSR count). The van der Waals surface area contributed by atoms with Crippen LogP contribution < -0.4 is 0 Å². The Labute approximate surface area is 101 Å². The zero-order valence-corrected chi connectivity index (χ0v) is 11.2. The summed E-state index contributed by atoms with van der Waals surface area (Å²) in [7, 11) is 0. The van der Waals surface area contributed by atoms with Gasteiger partial charge in [0.1, 0.15) is 0 Å². The molecule has 16 heavy (non-hydrogen) atoms. The number of unbranched alkanes of at least 4 members (excludes halogenated alkanes) is 4. The largest absolute Gasteiger partial charge is 0.481 e. The highest BCUT2D eigenvalue weighted by Crippen LogP contribution is 2.10. The first kappa shape index (κ1) is 17.6. The first-order chi connectivity index (χ1) is 7.54. The zero-order chi connectivity index (χ0) is 12.8. The van der Waals surface area contributed by atoms with E-state index >= 15 is 0 Å². The predicted octanol–water partition coefficient (Wildman–Crippen LogP) is 4.65. The van der Waals surface area contributed by atoms with E-state index in [0.717, 1.165) is 5.92 Å². The lowest BCUT2D eigenvalue weighted by molar-refractivity contribution is -0.136. The van der Waals surface area contributed by atoms with E-state index in [9.17, 15) is 4.79 Å². The number of carboxylic acid groups (broad SMARTS) is 1. The monoisotopic (exact) mass is 228 g/mol. The second kappa shape index (κ2) is 14.2. The average Bonchev–Trinajstić information content (AvgIpc) is 2.23. The molecule has 2 heteroatoms. The van der Waals surface area contributed by atoms with Crippen molar-refractivity contribution in [1.29, 1.82) is 0 Å². The Kier molecular flexibility index (Phi) is 15.6. The Hall–Kier alpha value is -0.790. The fourth-order valence-electron chi connectivity index (χ4n) is 1.19. The van der Waals surface area contributed by atoms with Crippen LogP contribution in [0, 0.1) is 5.92 Å². The molecular formula is C14H28O2. The normalized spacial score (nSPS) is 9.50. The van der Waals surface area contributed by atoms with Crippen molar-refractivity contribution in [3.05, 3.63) is 12.7 Å². The Balaban J connectivity index is 0. The van der Waals surface area contributed by atoms with Crippen LogP contribution >= 0.6 is 0 Å². The number of rotatable bonds is 8. The Morgan fingerprint density at radius 3 is 2.12 bits per heavy atom. The third-order valence-electron chi connectivity index (χ3n) is 2.24. The van der Waals surface area contributed by atoms with Gasteiger partial charge in [0.25, 0.3) is 0 Å². The second-order valence-corrected chi connectivity index (χ2v) is 4.42. The third kappa shape index (κ3) is 23.2. The SMILES string of the molecule is C=CCCCCCCC(C)C.CCC(=O)O. The van der Waals surface area contributed by atoms with Crippen molar-refractivity contribution in [3.8, 4) is 0 Å². The summed E-state index contributed by atoms with van der Waals surface area (Å²) < 4.78 is 0. The molecule has 0 aromatic rings. The van der Waals surface area contributed by atoms with Gasteiger partial charge in [0.15, 0.2) is 0 Å². The molecule has 96 valence electrons. The van der Waals surface area contributed by atoms with E-state index in [-0.39, 0.29) is 6.42 Å². The molecule has 1 N–H and O–H groups in total. The quantitative estimate of drug-likeness (QED) is 0.485. The maximum Gasteiger partial charge on any atom is 0.303 e. The molecule has 0 atom stereocenters. The average molecular weight is 228 g/mol. The fraction of sp³-hybridized carbons (Fsp3) is 0.786. The number of hydrogen-bond donors (Lipinski definition) is 1. The van der Waals surface area contributed by atoms with Gasteiger partial charge in [-0.3, -0.25) is 4.79 Å². The van der Waals surface area contributed by atoms with Crippen LogP contribution in [0.4, 0.5) is 0 Å². The molecule has 0 saturated carbocycles. The first-order valence-electron chi connectivity index (χ1n) is 6.37. The highest BCUT2D eigenvalue weighted by atomic mass is 16.4. The van der Waals surface area contributed by atoms with Gasteiger partial charge in [0.2, 0.25) is 0 Å². The van der Waals surface area contributed by atoms with E-state index in [1.165, 1.54) is 38.5 Å². The number of allylic oxidation sites excluding steroid dienone is 1. The van der Waals surface area contributed by atoms with Crippen molar-refractivity contribution in [2.24, 2.45) is 5.92 Å². The maximum absolute atomic E-state index is 9.37. The predicted molar refractivity (Wildman–Crippen MR) is 70.7 cm³/mol. The van der Waals surface area contributed by atoms with Crippen LogP contribution in [0.1, 0.15) is 65.7 Å². The zero-order valence-electron chi connectivity index (χ0n) is 11.2. The van der Waals surface area contributed by atoms with Crippen molar-refractivity contribution < 1.29 is 9.90 Å². The smallest absolute Gasteiger partial charge is 0.303 e. The summed E-state index contributed by atoms with van der Waals surface area (Å²) in [6.07, 6.45) is 10.4. The van der Waals surface area contributed by atoms with Crippen LogP contribution in [0.25, 0.3) is 0 Å². The molecule has 0 aliphatic heterocycles. The van der Waals surface area contributed by atoms with Crippen molar-refractivity contribution in [1.82, 2.24) is 0 Å². The highest BCUT2D eigenvalue weighted by Gasteiger charge is 1.93. The van der Waals surface area contributed by atoms with E-state index in [1.54, 1.807) is 6.92 Å². The van der Waals surface area contributed by atoms with Gasteiger partial charge >= 0.3 is 5.97 Å².